The van der Waals surface area contributed by atoms with E-state index in [9.17, 15) is 4.79 Å². The Hall–Kier alpha value is -1.86. The number of amidine groups is 1. The average molecular weight is 526 g/mol. The van der Waals surface area contributed by atoms with E-state index in [-0.39, 0.29) is 29.3 Å². The summed E-state index contributed by atoms with van der Waals surface area (Å²) in [6.07, 6.45) is 3.07. The van der Waals surface area contributed by atoms with E-state index in [4.69, 9.17) is 14.5 Å². The van der Waals surface area contributed by atoms with Gasteiger partial charge in [-0.3, -0.25) is 9.79 Å². The molecule has 0 aromatic heterocycles. The first kappa shape index (κ1) is 23.4. The molecule has 0 fully saturated rings. The Kier molecular flexibility index (Phi) is 8.71. The van der Waals surface area contributed by atoms with E-state index in [0.717, 1.165) is 47.4 Å². The van der Waals surface area contributed by atoms with Crippen molar-refractivity contribution in [3.8, 4) is 11.5 Å². The van der Waals surface area contributed by atoms with Gasteiger partial charge >= 0.3 is 0 Å². The van der Waals surface area contributed by atoms with Crippen molar-refractivity contribution < 1.29 is 14.3 Å². The van der Waals surface area contributed by atoms with Crippen molar-refractivity contribution in [2.24, 2.45) is 4.99 Å². The maximum Gasteiger partial charge on any atom is 0.186 e. The number of benzene rings is 2. The fourth-order valence-corrected chi connectivity index (χ4v) is 3.84. The predicted molar refractivity (Wildman–Crippen MR) is 127 cm³/mol. The number of hydrogen-bond acceptors (Lipinski definition) is 5. The number of ketones is 1. The Morgan fingerprint density at radius 3 is 2.52 bits per heavy atom. The highest BCUT2D eigenvalue weighted by atomic mass is 79.9. The Morgan fingerprint density at radius 2 is 1.90 bits per heavy atom. The van der Waals surface area contributed by atoms with E-state index in [2.05, 4.69) is 35.0 Å². The van der Waals surface area contributed by atoms with Gasteiger partial charge in [-0.05, 0) is 59.5 Å². The highest BCUT2D eigenvalue weighted by Crippen LogP contribution is 2.33. The number of hydrogen-bond donors (Lipinski definition) is 0. The number of carbonyl (C=O) groups is 1. The molecule has 1 aliphatic rings. The summed E-state index contributed by atoms with van der Waals surface area (Å²) in [5.74, 6) is 2.06. The number of halogens is 2. The Balaban J connectivity index is 0.00000300. The van der Waals surface area contributed by atoms with Crippen molar-refractivity contribution in [3.63, 3.8) is 0 Å². The molecule has 1 heterocycles. The third kappa shape index (κ3) is 5.60. The van der Waals surface area contributed by atoms with Crippen LogP contribution in [0.2, 0.25) is 0 Å². The summed E-state index contributed by atoms with van der Waals surface area (Å²) in [6.45, 7) is 3.07. The molecule has 0 saturated carbocycles. The lowest BCUT2D eigenvalue weighted by atomic mass is 10.1. The topological polar surface area (TPSA) is 51.1 Å². The van der Waals surface area contributed by atoms with Gasteiger partial charge in [0.25, 0.3) is 0 Å². The number of nitrogens with zero attached hydrogens (tertiary/aromatic N) is 2. The zero-order valence-electron chi connectivity index (χ0n) is 16.9. The normalized spacial score (nSPS) is 13.2. The molecule has 7 heteroatoms. The third-order valence-corrected chi connectivity index (χ3v) is 5.42. The SMILES string of the molecule is Br.COc1cc(OC)c(C(=O)CN(C2=NCCCC2)c2cccc(C)c2)cc1Br. The average Bonchev–Trinajstić information content (AvgIpc) is 2.72. The Bertz CT molecular complexity index is 900. The van der Waals surface area contributed by atoms with Gasteiger partial charge in [-0.15, -0.1) is 17.0 Å². The van der Waals surface area contributed by atoms with Gasteiger partial charge in [0, 0.05) is 24.7 Å². The number of anilines is 1. The second kappa shape index (κ2) is 10.8. The summed E-state index contributed by atoms with van der Waals surface area (Å²) in [5.41, 5.74) is 2.65. The third-order valence-electron chi connectivity index (χ3n) is 4.80. The molecule has 0 unspecified atom stereocenters. The van der Waals surface area contributed by atoms with Crippen LogP contribution in [0.5, 0.6) is 11.5 Å². The zero-order chi connectivity index (χ0) is 20.1. The van der Waals surface area contributed by atoms with Crippen LogP contribution in [0.3, 0.4) is 0 Å². The molecular formula is C22H26Br2N2O3. The minimum atomic E-state index is -0.0324. The van der Waals surface area contributed by atoms with Crippen LogP contribution >= 0.6 is 32.9 Å². The first-order valence-electron chi connectivity index (χ1n) is 9.35. The van der Waals surface area contributed by atoms with Crippen LogP contribution in [-0.2, 0) is 0 Å². The summed E-state index contributed by atoms with van der Waals surface area (Å²) in [6, 6.07) is 11.7. The van der Waals surface area contributed by atoms with Gasteiger partial charge in [0.1, 0.15) is 17.3 Å². The van der Waals surface area contributed by atoms with Gasteiger partial charge in [-0.1, -0.05) is 12.1 Å². The second-order valence-corrected chi connectivity index (χ2v) is 7.64. The van der Waals surface area contributed by atoms with Crippen molar-refractivity contribution in [1.82, 2.24) is 0 Å². The molecular weight excluding hydrogens is 500 g/mol. The Morgan fingerprint density at radius 1 is 1.14 bits per heavy atom. The fourth-order valence-electron chi connectivity index (χ4n) is 3.34. The quantitative estimate of drug-likeness (QED) is 0.459. The van der Waals surface area contributed by atoms with Crippen LogP contribution in [0.4, 0.5) is 5.69 Å². The number of rotatable bonds is 6. The van der Waals surface area contributed by atoms with Crippen molar-refractivity contribution in [3.05, 3.63) is 52.0 Å². The van der Waals surface area contributed by atoms with Crippen molar-refractivity contribution in [1.29, 1.82) is 0 Å². The fraction of sp³-hybridized carbons (Fsp3) is 0.364. The van der Waals surface area contributed by atoms with Crippen LogP contribution in [0.15, 0.2) is 45.9 Å². The lowest BCUT2D eigenvalue weighted by Crippen LogP contribution is -2.37. The molecule has 0 atom stereocenters. The molecule has 29 heavy (non-hydrogen) atoms. The number of aryl methyl sites for hydroxylation is 1. The second-order valence-electron chi connectivity index (χ2n) is 6.79. The van der Waals surface area contributed by atoms with Crippen LogP contribution < -0.4 is 14.4 Å². The van der Waals surface area contributed by atoms with Crippen LogP contribution in [0.25, 0.3) is 0 Å². The van der Waals surface area contributed by atoms with Gasteiger partial charge < -0.3 is 14.4 Å². The number of carbonyl (C=O) groups excluding carboxylic acids is 1. The van der Waals surface area contributed by atoms with Gasteiger partial charge in [0.15, 0.2) is 5.78 Å². The standard InChI is InChI=1S/C22H25BrN2O3.BrH/c1-15-7-6-8-16(11-15)25(22-9-4-5-10-24-22)14-19(26)17-12-18(23)21(28-3)13-20(17)27-2;/h6-8,11-13H,4-5,9-10,14H2,1-3H3;1H. The minimum absolute atomic E-state index is 0. The summed E-state index contributed by atoms with van der Waals surface area (Å²) in [5, 5.41) is 0. The molecule has 0 saturated heterocycles. The Labute approximate surface area is 191 Å². The first-order chi connectivity index (χ1) is 13.5. The molecule has 5 nitrogen and oxygen atoms in total. The van der Waals surface area contributed by atoms with Crippen molar-refractivity contribution in [2.45, 2.75) is 26.2 Å². The minimum Gasteiger partial charge on any atom is -0.496 e. The van der Waals surface area contributed by atoms with E-state index in [1.54, 1.807) is 26.4 Å². The molecule has 0 amide bonds. The molecule has 2 aromatic carbocycles. The van der Waals surface area contributed by atoms with Gasteiger partial charge in [0.05, 0.1) is 30.8 Å². The molecule has 0 N–H and O–H groups in total. The van der Waals surface area contributed by atoms with Gasteiger partial charge in [0.2, 0.25) is 0 Å². The monoisotopic (exact) mass is 524 g/mol. The molecule has 0 spiro atoms. The highest BCUT2D eigenvalue weighted by Gasteiger charge is 2.23. The number of aliphatic imine (C=N–C) groups is 1. The number of ether oxygens (including phenoxy) is 2. The predicted octanol–water partition coefficient (Wildman–Crippen LogP) is 5.62. The zero-order valence-corrected chi connectivity index (χ0v) is 20.2. The van der Waals surface area contributed by atoms with E-state index in [1.165, 1.54) is 0 Å². The maximum atomic E-state index is 13.2. The molecule has 1 aliphatic heterocycles. The summed E-state index contributed by atoms with van der Waals surface area (Å²) >= 11 is 3.47. The van der Waals surface area contributed by atoms with E-state index >= 15 is 0 Å². The molecule has 2 aromatic rings. The highest BCUT2D eigenvalue weighted by molar-refractivity contribution is 9.10. The van der Waals surface area contributed by atoms with Crippen molar-refractivity contribution >= 4 is 50.2 Å². The number of Topliss-reactive ketones (excluding diaryl/α,β-unsaturated/α-hetero) is 1. The molecule has 0 radical (unpaired) electrons. The first-order valence-corrected chi connectivity index (χ1v) is 10.1. The summed E-state index contributed by atoms with van der Waals surface area (Å²) in [4.78, 5) is 20.0. The molecule has 156 valence electrons. The molecule has 0 bridgehead atoms. The van der Waals surface area contributed by atoms with Crippen LogP contribution in [-0.4, -0.2) is 38.9 Å². The molecule has 0 aliphatic carbocycles. The smallest absolute Gasteiger partial charge is 0.186 e. The number of methoxy groups -OCH3 is 2. The van der Waals surface area contributed by atoms with Gasteiger partial charge in [-0.2, -0.15) is 0 Å². The van der Waals surface area contributed by atoms with Crippen molar-refractivity contribution in [2.75, 3.05) is 32.2 Å². The van der Waals surface area contributed by atoms with Crippen LogP contribution in [0.1, 0.15) is 35.2 Å². The van der Waals surface area contributed by atoms with Gasteiger partial charge in [-0.25, -0.2) is 0 Å². The lowest BCUT2D eigenvalue weighted by Gasteiger charge is -2.28. The molecule has 3 rings (SSSR count). The largest absolute Gasteiger partial charge is 0.496 e. The van der Waals surface area contributed by atoms with E-state index < -0.39 is 0 Å². The maximum absolute atomic E-state index is 13.2. The summed E-state index contributed by atoms with van der Waals surface area (Å²) in [7, 11) is 3.14. The van der Waals surface area contributed by atoms with E-state index in [0.29, 0.717) is 17.1 Å². The lowest BCUT2D eigenvalue weighted by molar-refractivity contribution is 0.0999. The summed E-state index contributed by atoms with van der Waals surface area (Å²) < 4.78 is 11.5. The van der Waals surface area contributed by atoms with Crippen LogP contribution in [0, 0.1) is 6.92 Å². The van der Waals surface area contributed by atoms with E-state index in [1.807, 2.05) is 17.0 Å².